The Kier molecular flexibility index (Phi) is 5.56. The molecule has 17 heavy (non-hydrogen) atoms. The van der Waals surface area contributed by atoms with E-state index in [1.54, 1.807) is 36.0 Å². The Morgan fingerprint density at radius 2 is 1.65 bits per heavy atom. The van der Waals surface area contributed by atoms with Crippen molar-refractivity contribution in [1.82, 2.24) is 0 Å². The molecule has 5 heteroatoms. The Labute approximate surface area is 105 Å². The second-order valence-corrected chi connectivity index (χ2v) is 4.54. The van der Waals surface area contributed by atoms with Crippen molar-refractivity contribution >= 4 is 35.0 Å². The molecular formula is C12H16N2O2S. The predicted molar refractivity (Wildman–Crippen MR) is 72.4 cm³/mol. The molecule has 0 unspecified atom stereocenters. The molecule has 0 aliphatic rings. The summed E-state index contributed by atoms with van der Waals surface area (Å²) in [6.45, 7) is 1.46. The monoisotopic (exact) mass is 252 g/mol. The van der Waals surface area contributed by atoms with Crippen LogP contribution in [-0.2, 0) is 9.59 Å². The van der Waals surface area contributed by atoms with Gasteiger partial charge in [-0.25, -0.2) is 0 Å². The summed E-state index contributed by atoms with van der Waals surface area (Å²) in [5.41, 5.74) is 1.46. The van der Waals surface area contributed by atoms with Gasteiger partial charge in [0.15, 0.2) is 0 Å². The number of anilines is 2. The lowest BCUT2D eigenvalue weighted by Crippen LogP contribution is -2.12. The molecule has 0 aliphatic carbocycles. The SMILES string of the molecule is CSCCC(=O)Nc1ccc(NC(C)=O)cc1. The Hall–Kier alpha value is -1.49. The highest BCUT2D eigenvalue weighted by Crippen LogP contribution is 2.13. The predicted octanol–water partition coefficient (Wildman–Crippen LogP) is 2.34. The minimum absolute atomic E-state index is 0.00614. The zero-order valence-corrected chi connectivity index (χ0v) is 10.8. The average molecular weight is 252 g/mol. The summed E-state index contributed by atoms with van der Waals surface area (Å²) in [6.07, 6.45) is 2.48. The molecule has 0 aromatic heterocycles. The van der Waals surface area contributed by atoms with Crippen molar-refractivity contribution in [3.05, 3.63) is 24.3 Å². The standard InChI is InChI=1S/C12H16N2O2S/c1-9(15)13-10-3-5-11(6-4-10)14-12(16)7-8-17-2/h3-6H,7-8H2,1-2H3,(H,13,15)(H,14,16). The van der Waals surface area contributed by atoms with Crippen molar-refractivity contribution in [3.8, 4) is 0 Å². The smallest absolute Gasteiger partial charge is 0.225 e. The first kappa shape index (κ1) is 13.6. The van der Waals surface area contributed by atoms with Gasteiger partial charge >= 0.3 is 0 Å². The molecule has 0 fully saturated rings. The summed E-state index contributed by atoms with van der Waals surface area (Å²) in [6, 6.07) is 7.04. The largest absolute Gasteiger partial charge is 0.326 e. The van der Waals surface area contributed by atoms with Crippen LogP contribution >= 0.6 is 11.8 Å². The van der Waals surface area contributed by atoms with E-state index in [2.05, 4.69) is 10.6 Å². The number of nitrogens with one attached hydrogen (secondary N) is 2. The molecule has 4 nitrogen and oxygen atoms in total. The van der Waals surface area contributed by atoms with Crippen LogP contribution in [0.5, 0.6) is 0 Å². The fraction of sp³-hybridized carbons (Fsp3) is 0.333. The van der Waals surface area contributed by atoms with Crippen LogP contribution in [0.1, 0.15) is 13.3 Å². The Morgan fingerprint density at radius 1 is 1.12 bits per heavy atom. The second-order valence-electron chi connectivity index (χ2n) is 3.55. The summed E-state index contributed by atoms with van der Waals surface area (Å²) in [7, 11) is 0. The zero-order chi connectivity index (χ0) is 12.7. The van der Waals surface area contributed by atoms with Gasteiger partial charge in [-0.2, -0.15) is 11.8 Å². The third-order valence-electron chi connectivity index (χ3n) is 2.02. The van der Waals surface area contributed by atoms with Gasteiger partial charge in [0.25, 0.3) is 0 Å². The molecule has 2 amide bonds. The molecule has 0 bridgehead atoms. The van der Waals surface area contributed by atoms with E-state index in [1.807, 2.05) is 6.26 Å². The van der Waals surface area contributed by atoms with E-state index in [0.717, 1.165) is 17.1 Å². The Balaban J connectivity index is 2.50. The molecule has 0 spiro atoms. The minimum atomic E-state index is -0.109. The molecule has 0 heterocycles. The number of carbonyl (C=O) groups excluding carboxylic acids is 2. The summed E-state index contributed by atoms with van der Waals surface area (Å²) in [5, 5.41) is 5.46. The van der Waals surface area contributed by atoms with Gasteiger partial charge in [-0.05, 0) is 30.5 Å². The fourth-order valence-corrected chi connectivity index (χ4v) is 1.65. The summed E-state index contributed by atoms with van der Waals surface area (Å²) in [5.74, 6) is 0.712. The third-order valence-corrected chi connectivity index (χ3v) is 2.63. The zero-order valence-electron chi connectivity index (χ0n) is 9.95. The van der Waals surface area contributed by atoms with E-state index in [0.29, 0.717) is 6.42 Å². The summed E-state index contributed by atoms with van der Waals surface area (Å²) >= 11 is 1.64. The number of amides is 2. The van der Waals surface area contributed by atoms with Crippen molar-refractivity contribution in [2.24, 2.45) is 0 Å². The lowest BCUT2D eigenvalue weighted by Gasteiger charge is -2.06. The molecule has 0 radical (unpaired) electrons. The Bertz CT molecular complexity index is 390. The van der Waals surface area contributed by atoms with Crippen LogP contribution in [0.15, 0.2) is 24.3 Å². The maximum absolute atomic E-state index is 11.4. The van der Waals surface area contributed by atoms with Gasteiger partial charge in [0, 0.05) is 30.5 Å². The number of thioether (sulfide) groups is 1. The van der Waals surface area contributed by atoms with Crippen LogP contribution in [-0.4, -0.2) is 23.8 Å². The van der Waals surface area contributed by atoms with Crippen LogP contribution < -0.4 is 10.6 Å². The molecule has 1 aromatic carbocycles. The fourth-order valence-electron chi connectivity index (χ4n) is 1.26. The van der Waals surface area contributed by atoms with E-state index in [4.69, 9.17) is 0 Å². The molecule has 0 saturated heterocycles. The van der Waals surface area contributed by atoms with Crippen molar-refractivity contribution in [2.45, 2.75) is 13.3 Å². The molecule has 0 saturated carbocycles. The van der Waals surface area contributed by atoms with Gasteiger partial charge in [-0.1, -0.05) is 0 Å². The van der Waals surface area contributed by atoms with E-state index in [1.165, 1.54) is 6.92 Å². The van der Waals surface area contributed by atoms with E-state index >= 15 is 0 Å². The quantitative estimate of drug-likeness (QED) is 0.845. The van der Waals surface area contributed by atoms with Crippen LogP contribution in [0.4, 0.5) is 11.4 Å². The van der Waals surface area contributed by atoms with Crippen LogP contribution in [0.25, 0.3) is 0 Å². The highest BCUT2D eigenvalue weighted by Gasteiger charge is 2.01. The van der Waals surface area contributed by atoms with Gasteiger partial charge in [-0.15, -0.1) is 0 Å². The maximum Gasteiger partial charge on any atom is 0.225 e. The summed E-state index contributed by atoms with van der Waals surface area (Å²) < 4.78 is 0. The van der Waals surface area contributed by atoms with Crippen LogP contribution in [0.3, 0.4) is 0 Å². The summed E-state index contributed by atoms with van der Waals surface area (Å²) in [4.78, 5) is 22.3. The van der Waals surface area contributed by atoms with Crippen LogP contribution in [0.2, 0.25) is 0 Å². The molecule has 0 aliphatic heterocycles. The van der Waals surface area contributed by atoms with Gasteiger partial charge < -0.3 is 10.6 Å². The number of hydrogen-bond acceptors (Lipinski definition) is 3. The van der Waals surface area contributed by atoms with Gasteiger partial charge in [-0.3, -0.25) is 9.59 Å². The number of benzene rings is 1. The van der Waals surface area contributed by atoms with Crippen LogP contribution in [0, 0.1) is 0 Å². The van der Waals surface area contributed by atoms with Gasteiger partial charge in [0.1, 0.15) is 0 Å². The maximum atomic E-state index is 11.4. The van der Waals surface area contributed by atoms with Crippen molar-refractivity contribution in [2.75, 3.05) is 22.6 Å². The van der Waals surface area contributed by atoms with Crippen molar-refractivity contribution in [1.29, 1.82) is 0 Å². The highest BCUT2D eigenvalue weighted by atomic mass is 32.2. The first-order chi connectivity index (χ1) is 8.11. The second kappa shape index (κ2) is 6.96. The molecule has 0 atom stereocenters. The average Bonchev–Trinajstić information content (AvgIpc) is 2.28. The van der Waals surface area contributed by atoms with Crippen molar-refractivity contribution in [3.63, 3.8) is 0 Å². The third kappa shape index (κ3) is 5.40. The molecular weight excluding hydrogens is 236 g/mol. The molecule has 2 N–H and O–H groups in total. The van der Waals surface area contributed by atoms with E-state index in [-0.39, 0.29) is 11.8 Å². The van der Waals surface area contributed by atoms with Gasteiger partial charge in [0.05, 0.1) is 0 Å². The first-order valence-corrected chi connectivity index (χ1v) is 6.67. The van der Waals surface area contributed by atoms with E-state index < -0.39 is 0 Å². The first-order valence-electron chi connectivity index (χ1n) is 5.28. The van der Waals surface area contributed by atoms with Gasteiger partial charge in [0.2, 0.25) is 11.8 Å². The van der Waals surface area contributed by atoms with Crippen molar-refractivity contribution < 1.29 is 9.59 Å². The topological polar surface area (TPSA) is 58.2 Å². The molecule has 92 valence electrons. The Morgan fingerprint density at radius 3 is 2.12 bits per heavy atom. The number of rotatable bonds is 5. The number of carbonyl (C=O) groups is 2. The minimum Gasteiger partial charge on any atom is -0.326 e. The molecule has 1 aromatic rings. The molecule has 1 rings (SSSR count). The lowest BCUT2D eigenvalue weighted by molar-refractivity contribution is -0.116. The highest BCUT2D eigenvalue weighted by molar-refractivity contribution is 7.98. The lowest BCUT2D eigenvalue weighted by atomic mass is 10.2. The normalized spacial score (nSPS) is 9.76. The van der Waals surface area contributed by atoms with E-state index in [9.17, 15) is 9.59 Å². The number of hydrogen-bond donors (Lipinski definition) is 2.